The number of carbonyl (C=O) groups is 1. The summed E-state index contributed by atoms with van der Waals surface area (Å²) < 4.78 is 7.40. The molecule has 2 aliphatic rings. The summed E-state index contributed by atoms with van der Waals surface area (Å²) in [5.74, 6) is 0.219. The van der Waals surface area contributed by atoms with Crippen LogP contribution in [0.15, 0.2) is 6.20 Å². The summed E-state index contributed by atoms with van der Waals surface area (Å²) in [4.78, 5) is 15.8. The van der Waals surface area contributed by atoms with Crippen molar-refractivity contribution in [1.82, 2.24) is 9.55 Å². The number of aryl methyl sites for hydroxylation is 1. The summed E-state index contributed by atoms with van der Waals surface area (Å²) in [6, 6.07) is 0. The highest BCUT2D eigenvalue weighted by Gasteiger charge is 2.29. The van der Waals surface area contributed by atoms with Crippen molar-refractivity contribution in [3.8, 4) is 0 Å². The predicted octanol–water partition coefficient (Wildman–Crippen LogP) is 1.81. The second kappa shape index (κ2) is 5.33. The van der Waals surface area contributed by atoms with Gasteiger partial charge >= 0.3 is 5.97 Å². The maximum atomic E-state index is 11.2. The standard InChI is InChI=1S/C14H20N2O3/c17-14(18)12-2-1-5-16-9-11(15-13(12)16)8-10-3-6-19-7-4-10/h9-10,12H,1-8H2,(H,17,18). The Morgan fingerprint density at radius 2 is 2.21 bits per heavy atom. The van der Waals surface area contributed by atoms with E-state index in [1.54, 1.807) is 0 Å². The van der Waals surface area contributed by atoms with E-state index < -0.39 is 11.9 Å². The van der Waals surface area contributed by atoms with Gasteiger partial charge in [-0.05, 0) is 38.0 Å². The maximum Gasteiger partial charge on any atom is 0.314 e. The molecule has 1 unspecified atom stereocenters. The number of carboxylic acids is 1. The average molecular weight is 264 g/mol. The predicted molar refractivity (Wildman–Crippen MR) is 69.1 cm³/mol. The van der Waals surface area contributed by atoms with Gasteiger partial charge in [0.15, 0.2) is 0 Å². The number of rotatable bonds is 3. The van der Waals surface area contributed by atoms with Crippen LogP contribution < -0.4 is 0 Å². The van der Waals surface area contributed by atoms with Crippen molar-refractivity contribution in [2.45, 2.75) is 44.6 Å². The number of fused-ring (bicyclic) bond motifs is 1. The minimum absolute atomic E-state index is 0.419. The zero-order valence-corrected chi connectivity index (χ0v) is 11.0. The first-order chi connectivity index (χ1) is 9.24. The number of carboxylic acid groups (broad SMARTS) is 1. The lowest BCUT2D eigenvalue weighted by Gasteiger charge is -2.20. The minimum Gasteiger partial charge on any atom is -0.481 e. The molecule has 0 saturated carbocycles. The molecule has 1 fully saturated rings. The molecule has 0 radical (unpaired) electrons. The van der Waals surface area contributed by atoms with E-state index in [0.29, 0.717) is 12.3 Å². The number of aromatic nitrogens is 2. The van der Waals surface area contributed by atoms with Gasteiger partial charge in [0, 0.05) is 26.0 Å². The highest BCUT2D eigenvalue weighted by Crippen LogP contribution is 2.28. The molecule has 3 heterocycles. The van der Waals surface area contributed by atoms with Crippen LogP contribution in [0.25, 0.3) is 0 Å². The Morgan fingerprint density at radius 1 is 1.42 bits per heavy atom. The van der Waals surface area contributed by atoms with Gasteiger partial charge in [0.2, 0.25) is 0 Å². The lowest BCUT2D eigenvalue weighted by atomic mass is 9.95. The van der Waals surface area contributed by atoms with Crippen LogP contribution in [0.3, 0.4) is 0 Å². The molecule has 2 aliphatic heterocycles. The van der Waals surface area contributed by atoms with E-state index in [0.717, 1.165) is 57.0 Å². The lowest BCUT2D eigenvalue weighted by molar-refractivity contribution is -0.139. The molecule has 0 amide bonds. The van der Waals surface area contributed by atoms with Gasteiger partial charge in [-0.15, -0.1) is 0 Å². The first-order valence-corrected chi connectivity index (χ1v) is 7.10. The average Bonchev–Trinajstić information content (AvgIpc) is 2.81. The Balaban J connectivity index is 1.75. The van der Waals surface area contributed by atoms with E-state index in [2.05, 4.69) is 11.2 Å². The van der Waals surface area contributed by atoms with E-state index in [-0.39, 0.29) is 0 Å². The molecule has 104 valence electrons. The van der Waals surface area contributed by atoms with Crippen LogP contribution in [-0.2, 0) is 22.5 Å². The first-order valence-electron chi connectivity index (χ1n) is 7.10. The van der Waals surface area contributed by atoms with E-state index in [1.807, 2.05) is 4.57 Å². The second-order valence-corrected chi connectivity index (χ2v) is 5.58. The molecule has 0 aromatic carbocycles. The van der Waals surface area contributed by atoms with Gasteiger partial charge in [-0.25, -0.2) is 4.98 Å². The molecular weight excluding hydrogens is 244 g/mol. The maximum absolute atomic E-state index is 11.2. The summed E-state index contributed by atoms with van der Waals surface area (Å²) in [5.41, 5.74) is 1.05. The van der Waals surface area contributed by atoms with Gasteiger partial charge < -0.3 is 14.4 Å². The van der Waals surface area contributed by atoms with Crippen molar-refractivity contribution < 1.29 is 14.6 Å². The van der Waals surface area contributed by atoms with Gasteiger partial charge in [-0.3, -0.25) is 4.79 Å². The summed E-state index contributed by atoms with van der Waals surface area (Å²) in [7, 11) is 0. The molecule has 0 bridgehead atoms. The summed E-state index contributed by atoms with van der Waals surface area (Å²) in [5, 5.41) is 9.25. The van der Waals surface area contributed by atoms with Gasteiger partial charge in [0.1, 0.15) is 11.7 Å². The first kappa shape index (κ1) is 12.7. The molecule has 19 heavy (non-hydrogen) atoms. The van der Waals surface area contributed by atoms with Crippen LogP contribution in [0.5, 0.6) is 0 Å². The SMILES string of the molecule is O=C(O)C1CCCn2cc(CC3CCOCC3)nc21. The van der Waals surface area contributed by atoms with Crippen LogP contribution in [-0.4, -0.2) is 33.8 Å². The lowest BCUT2D eigenvalue weighted by Crippen LogP contribution is -2.22. The van der Waals surface area contributed by atoms with Crippen LogP contribution in [0.4, 0.5) is 0 Å². The van der Waals surface area contributed by atoms with Crippen molar-refractivity contribution >= 4 is 5.97 Å². The molecule has 1 N–H and O–H groups in total. The normalized spacial score (nSPS) is 24.1. The van der Waals surface area contributed by atoms with Crippen LogP contribution in [0.2, 0.25) is 0 Å². The fourth-order valence-corrected chi connectivity index (χ4v) is 3.12. The Bertz CT molecular complexity index is 463. The Morgan fingerprint density at radius 3 is 2.95 bits per heavy atom. The minimum atomic E-state index is -0.746. The van der Waals surface area contributed by atoms with Crippen molar-refractivity contribution in [1.29, 1.82) is 0 Å². The number of hydrogen-bond acceptors (Lipinski definition) is 3. The third-order valence-corrected chi connectivity index (χ3v) is 4.20. The number of nitrogens with zero attached hydrogens (tertiary/aromatic N) is 2. The zero-order chi connectivity index (χ0) is 13.2. The summed E-state index contributed by atoms with van der Waals surface area (Å²) >= 11 is 0. The Kier molecular flexibility index (Phi) is 3.55. The largest absolute Gasteiger partial charge is 0.481 e. The van der Waals surface area contributed by atoms with Crippen LogP contribution in [0, 0.1) is 5.92 Å². The number of ether oxygens (including phenoxy) is 1. The Hall–Kier alpha value is -1.36. The quantitative estimate of drug-likeness (QED) is 0.904. The van der Waals surface area contributed by atoms with Gasteiger partial charge in [0.25, 0.3) is 0 Å². The van der Waals surface area contributed by atoms with E-state index in [4.69, 9.17) is 4.74 Å². The molecule has 0 aliphatic carbocycles. The number of imidazole rings is 1. The summed E-state index contributed by atoms with van der Waals surface area (Å²) in [6.45, 7) is 2.59. The van der Waals surface area contributed by atoms with Crippen molar-refractivity contribution in [3.63, 3.8) is 0 Å². The van der Waals surface area contributed by atoms with E-state index >= 15 is 0 Å². The van der Waals surface area contributed by atoms with Gasteiger partial charge in [-0.2, -0.15) is 0 Å². The molecule has 1 atom stereocenters. The van der Waals surface area contributed by atoms with Crippen LogP contribution >= 0.6 is 0 Å². The molecule has 5 nitrogen and oxygen atoms in total. The van der Waals surface area contributed by atoms with E-state index in [1.165, 1.54) is 0 Å². The molecule has 1 aromatic heterocycles. The molecular formula is C14H20N2O3. The monoisotopic (exact) mass is 264 g/mol. The fourth-order valence-electron chi connectivity index (χ4n) is 3.12. The van der Waals surface area contributed by atoms with Gasteiger partial charge in [-0.1, -0.05) is 0 Å². The van der Waals surface area contributed by atoms with Crippen LogP contribution in [0.1, 0.15) is 43.1 Å². The molecule has 1 saturated heterocycles. The highest BCUT2D eigenvalue weighted by molar-refractivity contribution is 5.75. The van der Waals surface area contributed by atoms with Crippen molar-refractivity contribution in [2.75, 3.05) is 13.2 Å². The topological polar surface area (TPSA) is 64.3 Å². The fraction of sp³-hybridized carbons (Fsp3) is 0.714. The third-order valence-electron chi connectivity index (χ3n) is 4.20. The van der Waals surface area contributed by atoms with E-state index in [9.17, 15) is 9.90 Å². The zero-order valence-electron chi connectivity index (χ0n) is 11.0. The molecule has 3 rings (SSSR count). The second-order valence-electron chi connectivity index (χ2n) is 5.58. The molecule has 0 spiro atoms. The molecule has 5 heteroatoms. The number of aliphatic carboxylic acids is 1. The summed E-state index contributed by atoms with van der Waals surface area (Å²) in [6.07, 6.45) is 6.82. The smallest absolute Gasteiger partial charge is 0.314 e. The number of hydrogen-bond donors (Lipinski definition) is 1. The van der Waals surface area contributed by atoms with Crippen molar-refractivity contribution in [3.05, 3.63) is 17.7 Å². The van der Waals surface area contributed by atoms with Crippen molar-refractivity contribution in [2.24, 2.45) is 5.92 Å². The molecule has 1 aromatic rings. The highest BCUT2D eigenvalue weighted by atomic mass is 16.5. The Labute approximate surface area is 112 Å². The third kappa shape index (κ3) is 2.66. The van der Waals surface area contributed by atoms with Gasteiger partial charge in [0.05, 0.1) is 5.69 Å².